The molecule has 3 nitrogen and oxygen atoms in total. The van der Waals surface area contributed by atoms with Crippen LogP contribution in [-0.4, -0.2) is 22.4 Å². The number of nitrogens with zero attached hydrogens (tertiary/aromatic N) is 2. The summed E-state index contributed by atoms with van der Waals surface area (Å²) in [4.78, 5) is 6.02. The number of halogens is 2. The molecule has 0 unspecified atom stereocenters. The van der Waals surface area contributed by atoms with Crippen molar-refractivity contribution >= 4 is 48.8 Å². The van der Waals surface area contributed by atoms with Gasteiger partial charge in [0.25, 0.3) is 0 Å². The van der Waals surface area contributed by atoms with Gasteiger partial charge in [-0.1, -0.05) is 43.6 Å². The van der Waals surface area contributed by atoms with Gasteiger partial charge in [-0.2, -0.15) is 5.10 Å². The zero-order valence-corrected chi connectivity index (χ0v) is 10.6. The molecular formula is C7H7Br2N3S. The van der Waals surface area contributed by atoms with Crippen molar-refractivity contribution < 1.29 is 0 Å². The van der Waals surface area contributed by atoms with Gasteiger partial charge in [0.1, 0.15) is 0 Å². The van der Waals surface area contributed by atoms with E-state index >= 15 is 0 Å². The topological polar surface area (TPSA) is 27.6 Å². The maximum atomic E-state index is 4.22. The van der Waals surface area contributed by atoms with E-state index in [0.29, 0.717) is 0 Å². The van der Waals surface area contributed by atoms with Crippen LogP contribution < -0.4 is 5.43 Å². The average Bonchev–Trinajstić information content (AvgIpc) is 2.60. The van der Waals surface area contributed by atoms with Crippen LogP contribution in [0.5, 0.6) is 0 Å². The van der Waals surface area contributed by atoms with E-state index in [9.17, 15) is 0 Å². The fourth-order valence-electron chi connectivity index (χ4n) is 1.21. The Morgan fingerprint density at radius 2 is 2.15 bits per heavy atom. The lowest BCUT2D eigenvalue weighted by Crippen LogP contribution is -2.34. The van der Waals surface area contributed by atoms with Crippen LogP contribution in [0, 0.1) is 0 Å². The summed E-state index contributed by atoms with van der Waals surface area (Å²) in [6.07, 6.45) is 0. The average molecular weight is 325 g/mol. The number of hydrogen-bond donors (Lipinski definition) is 1. The third-order valence-corrected chi connectivity index (χ3v) is 3.83. The Morgan fingerprint density at radius 3 is 2.85 bits per heavy atom. The number of hydrogen-bond acceptors (Lipinski definition) is 4. The summed E-state index contributed by atoms with van der Waals surface area (Å²) in [6, 6.07) is 0. The number of thioether (sulfide) groups is 1. The zero-order valence-electron chi connectivity index (χ0n) is 6.63. The van der Waals surface area contributed by atoms with Gasteiger partial charge in [0.15, 0.2) is 5.17 Å². The first-order valence-corrected chi connectivity index (χ1v) is 6.50. The van der Waals surface area contributed by atoms with Gasteiger partial charge in [-0.25, -0.2) is 0 Å². The van der Waals surface area contributed by atoms with Gasteiger partial charge in [0.2, 0.25) is 0 Å². The first-order valence-electron chi connectivity index (χ1n) is 3.69. The molecule has 1 fully saturated rings. The van der Waals surface area contributed by atoms with Gasteiger partial charge in [-0.15, -0.1) is 0 Å². The molecule has 2 heterocycles. The van der Waals surface area contributed by atoms with Crippen LogP contribution in [-0.2, 0) is 0 Å². The Balaban J connectivity index is 2.37. The summed E-state index contributed by atoms with van der Waals surface area (Å²) in [7, 11) is 0. The quantitative estimate of drug-likeness (QED) is 0.741. The standard InChI is InChI=1S/C7H7Br2N3S/c8-1-5-3-10-11-7-12(5)6(2-9)4-13-7/h1-2,10H,3-4H2. The van der Waals surface area contributed by atoms with Crippen LogP contribution in [0.1, 0.15) is 0 Å². The molecule has 6 heteroatoms. The fourth-order valence-corrected chi connectivity index (χ4v) is 3.14. The minimum Gasteiger partial charge on any atom is -0.302 e. The SMILES string of the molecule is BrC=C1CNN=C2SCC(=CBr)N12. The van der Waals surface area contributed by atoms with Crippen molar-refractivity contribution in [2.45, 2.75) is 0 Å². The molecule has 0 aromatic heterocycles. The van der Waals surface area contributed by atoms with Crippen molar-refractivity contribution in [1.29, 1.82) is 0 Å². The van der Waals surface area contributed by atoms with E-state index in [1.165, 1.54) is 11.4 Å². The van der Waals surface area contributed by atoms with Crippen molar-refractivity contribution in [1.82, 2.24) is 10.3 Å². The monoisotopic (exact) mass is 323 g/mol. The molecule has 70 valence electrons. The summed E-state index contributed by atoms with van der Waals surface area (Å²) in [6.45, 7) is 0.764. The van der Waals surface area contributed by atoms with Gasteiger partial charge >= 0.3 is 0 Å². The molecule has 0 amide bonds. The largest absolute Gasteiger partial charge is 0.302 e. The molecule has 0 aromatic carbocycles. The van der Waals surface area contributed by atoms with E-state index in [1.807, 2.05) is 9.97 Å². The molecule has 0 aliphatic carbocycles. The highest BCUT2D eigenvalue weighted by Gasteiger charge is 2.29. The normalized spacial score (nSPS) is 27.5. The van der Waals surface area contributed by atoms with Crippen LogP contribution >= 0.6 is 43.6 Å². The Labute approximate surface area is 97.6 Å². The molecule has 0 bridgehead atoms. The van der Waals surface area contributed by atoms with Gasteiger partial charge < -0.3 is 5.43 Å². The molecule has 0 aromatic rings. The summed E-state index contributed by atoms with van der Waals surface area (Å²) < 4.78 is 0. The maximum Gasteiger partial charge on any atom is 0.191 e. The molecule has 2 rings (SSSR count). The van der Waals surface area contributed by atoms with Crippen LogP contribution in [0.25, 0.3) is 0 Å². The molecule has 0 atom stereocenters. The highest BCUT2D eigenvalue weighted by atomic mass is 79.9. The highest BCUT2D eigenvalue weighted by Crippen LogP contribution is 2.33. The van der Waals surface area contributed by atoms with E-state index in [1.54, 1.807) is 11.8 Å². The Kier molecular flexibility index (Phi) is 3.00. The van der Waals surface area contributed by atoms with Crippen molar-refractivity contribution in [3.63, 3.8) is 0 Å². The minimum absolute atomic E-state index is 0.764. The van der Waals surface area contributed by atoms with Gasteiger partial charge in [0, 0.05) is 21.4 Å². The summed E-state index contributed by atoms with van der Waals surface area (Å²) in [5.41, 5.74) is 5.40. The predicted molar refractivity (Wildman–Crippen MR) is 63.8 cm³/mol. The van der Waals surface area contributed by atoms with E-state index in [2.05, 4.69) is 47.3 Å². The number of fused-ring (bicyclic) bond motifs is 1. The fraction of sp³-hybridized carbons (Fsp3) is 0.286. The second kappa shape index (κ2) is 4.06. The van der Waals surface area contributed by atoms with E-state index in [0.717, 1.165) is 17.5 Å². The van der Waals surface area contributed by atoms with Crippen LogP contribution in [0.4, 0.5) is 0 Å². The van der Waals surface area contributed by atoms with E-state index < -0.39 is 0 Å². The molecule has 1 saturated heterocycles. The van der Waals surface area contributed by atoms with Crippen molar-refractivity contribution in [3.05, 3.63) is 21.4 Å². The van der Waals surface area contributed by atoms with Crippen LogP contribution in [0.3, 0.4) is 0 Å². The Morgan fingerprint density at radius 1 is 1.38 bits per heavy atom. The second-order valence-corrected chi connectivity index (χ2v) is 4.41. The van der Waals surface area contributed by atoms with Crippen molar-refractivity contribution in [2.75, 3.05) is 12.3 Å². The highest BCUT2D eigenvalue weighted by molar-refractivity contribution is 9.11. The van der Waals surface area contributed by atoms with Gasteiger partial charge in [0.05, 0.1) is 12.2 Å². The summed E-state index contributed by atoms with van der Waals surface area (Å²) in [5, 5.41) is 5.24. The molecule has 0 radical (unpaired) electrons. The third kappa shape index (κ3) is 1.67. The predicted octanol–water partition coefficient (Wildman–Crippen LogP) is 2.38. The molecular weight excluding hydrogens is 318 g/mol. The molecule has 2 aliphatic rings. The van der Waals surface area contributed by atoms with E-state index in [-0.39, 0.29) is 0 Å². The molecule has 0 saturated carbocycles. The first kappa shape index (κ1) is 9.61. The number of rotatable bonds is 0. The Bertz CT molecular complexity index is 311. The lowest BCUT2D eigenvalue weighted by atomic mass is 10.3. The lowest BCUT2D eigenvalue weighted by molar-refractivity contribution is 0.566. The zero-order chi connectivity index (χ0) is 9.26. The van der Waals surface area contributed by atoms with Gasteiger partial charge in [-0.3, -0.25) is 4.90 Å². The van der Waals surface area contributed by atoms with Crippen molar-refractivity contribution in [2.24, 2.45) is 5.10 Å². The number of amidine groups is 1. The maximum absolute atomic E-state index is 4.22. The van der Waals surface area contributed by atoms with Crippen molar-refractivity contribution in [3.8, 4) is 0 Å². The molecule has 1 N–H and O–H groups in total. The number of nitrogens with one attached hydrogen (secondary N) is 1. The van der Waals surface area contributed by atoms with E-state index in [4.69, 9.17) is 0 Å². The molecule has 0 spiro atoms. The van der Waals surface area contributed by atoms with Crippen LogP contribution in [0.2, 0.25) is 0 Å². The smallest absolute Gasteiger partial charge is 0.191 e. The lowest BCUT2D eigenvalue weighted by Gasteiger charge is -2.25. The molecule has 2 aliphatic heterocycles. The summed E-state index contributed by atoms with van der Waals surface area (Å²) >= 11 is 8.45. The second-order valence-electron chi connectivity index (χ2n) is 2.55. The number of hydrazone groups is 1. The van der Waals surface area contributed by atoms with Crippen LogP contribution in [0.15, 0.2) is 26.5 Å². The first-order chi connectivity index (χ1) is 6.36. The minimum atomic E-state index is 0.764. The molecule has 13 heavy (non-hydrogen) atoms. The Hall–Kier alpha value is 0.0600. The third-order valence-electron chi connectivity index (χ3n) is 1.80. The van der Waals surface area contributed by atoms with Gasteiger partial charge in [-0.05, 0) is 0 Å². The summed E-state index contributed by atoms with van der Waals surface area (Å²) in [5.74, 6) is 0.968.